The lowest BCUT2D eigenvalue weighted by Gasteiger charge is -2.33. The Morgan fingerprint density at radius 1 is 1.39 bits per heavy atom. The number of hydrogen-bond acceptors (Lipinski definition) is 5. The maximum absolute atomic E-state index is 12.3. The maximum atomic E-state index is 12.3. The third kappa shape index (κ3) is 1.35. The number of hydrogen-bond donors (Lipinski definition) is 0. The van der Waals surface area contributed by atoms with Gasteiger partial charge in [-0.3, -0.25) is 4.79 Å². The number of amides is 1. The second-order valence-electron chi connectivity index (χ2n) is 5.49. The average Bonchev–Trinajstić information content (AvgIpc) is 2.79. The third-order valence-electron chi connectivity index (χ3n) is 4.35. The predicted molar refractivity (Wildman–Crippen MR) is 59.2 cm³/mol. The van der Waals surface area contributed by atoms with Crippen molar-refractivity contribution in [1.29, 1.82) is 0 Å². The highest BCUT2D eigenvalue weighted by atomic mass is 32.2. The lowest BCUT2D eigenvalue weighted by molar-refractivity contribution is -0.174. The Morgan fingerprint density at radius 3 is 2.83 bits per heavy atom. The molecular formula is C11H13NO5S. The molecule has 2 saturated heterocycles. The van der Waals surface area contributed by atoms with Crippen molar-refractivity contribution in [3.8, 4) is 0 Å². The molecule has 1 saturated carbocycles. The van der Waals surface area contributed by atoms with Crippen LogP contribution < -0.4 is 0 Å². The van der Waals surface area contributed by atoms with Gasteiger partial charge >= 0.3 is 0 Å². The number of epoxide rings is 1. The van der Waals surface area contributed by atoms with Gasteiger partial charge in [0.25, 0.3) is 16.0 Å². The minimum Gasteiger partial charge on any atom is -0.345 e. The van der Waals surface area contributed by atoms with Crippen molar-refractivity contribution < 1.29 is 22.2 Å². The summed E-state index contributed by atoms with van der Waals surface area (Å²) in [6.07, 6.45) is 5.55. The Morgan fingerprint density at radius 2 is 2.11 bits per heavy atom. The van der Waals surface area contributed by atoms with Gasteiger partial charge in [0.1, 0.15) is 6.10 Å². The van der Waals surface area contributed by atoms with Crippen molar-refractivity contribution in [1.82, 2.24) is 5.06 Å². The van der Waals surface area contributed by atoms with Crippen LogP contribution in [0.5, 0.6) is 0 Å². The van der Waals surface area contributed by atoms with Crippen molar-refractivity contribution in [2.24, 2.45) is 23.7 Å². The number of nitrogens with zero attached hydrogens (tertiary/aromatic N) is 1. The molecular weight excluding hydrogens is 258 g/mol. The molecule has 2 heterocycles. The van der Waals surface area contributed by atoms with Gasteiger partial charge in [-0.25, -0.2) is 0 Å². The van der Waals surface area contributed by atoms with Crippen LogP contribution in [0.2, 0.25) is 0 Å². The molecule has 2 aliphatic carbocycles. The van der Waals surface area contributed by atoms with E-state index in [1.807, 2.05) is 0 Å². The molecule has 98 valence electrons. The van der Waals surface area contributed by atoms with Crippen molar-refractivity contribution >= 4 is 16.0 Å². The summed E-state index contributed by atoms with van der Waals surface area (Å²) in [5, 5.41) is 0.926. The largest absolute Gasteiger partial charge is 0.345 e. The minimum absolute atomic E-state index is 0.0607. The molecule has 0 spiro atoms. The number of carbonyl (C=O) groups excluding carboxylic acids is 1. The van der Waals surface area contributed by atoms with Gasteiger partial charge in [0.15, 0.2) is 6.23 Å². The van der Waals surface area contributed by atoms with E-state index in [9.17, 15) is 13.2 Å². The van der Waals surface area contributed by atoms with E-state index in [1.54, 1.807) is 0 Å². The zero-order valence-corrected chi connectivity index (χ0v) is 10.5. The second kappa shape index (κ2) is 3.15. The Bertz CT molecular complexity index is 556. The highest BCUT2D eigenvalue weighted by Crippen LogP contribution is 2.58. The van der Waals surface area contributed by atoms with Crippen LogP contribution in [-0.2, 0) is 23.9 Å². The van der Waals surface area contributed by atoms with E-state index in [0.717, 1.165) is 17.7 Å². The monoisotopic (exact) mass is 271 g/mol. The first-order valence-corrected chi connectivity index (χ1v) is 7.84. The van der Waals surface area contributed by atoms with E-state index in [4.69, 9.17) is 9.02 Å². The van der Waals surface area contributed by atoms with E-state index in [0.29, 0.717) is 5.92 Å². The fourth-order valence-corrected chi connectivity index (χ4v) is 4.19. The zero-order valence-electron chi connectivity index (χ0n) is 9.72. The second-order valence-corrected chi connectivity index (χ2v) is 7.04. The molecule has 18 heavy (non-hydrogen) atoms. The molecule has 6 atom stereocenters. The molecule has 0 aromatic carbocycles. The van der Waals surface area contributed by atoms with Crippen LogP contribution in [0.25, 0.3) is 0 Å². The zero-order chi connectivity index (χ0) is 12.7. The fourth-order valence-electron chi connectivity index (χ4n) is 3.74. The fraction of sp³-hybridized carbons (Fsp3) is 0.727. The molecule has 0 radical (unpaired) electrons. The Hall–Kier alpha value is -0.920. The van der Waals surface area contributed by atoms with Crippen LogP contribution in [0.15, 0.2) is 12.2 Å². The summed E-state index contributed by atoms with van der Waals surface area (Å²) in [7, 11) is -3.70. The van der Waals surface area contributed by atoms with E-state index in [-0.39, 0.29) is 29.8 Å². The maximum Gasteiger partial charge on any atom is 0.285 e. The number of fused-ring (bicyclic) bond motifs is 7. The SMILES string of the molecule is CS(=O)(=O)ON1C(=O)C2C3C=CC(C3)C2C2O[C@H]21. The molecule has 0 aromatic rings. The Labute approximate surface area is 105 Å². The van der Waals surface area contributed by atoms with Crippen LogP contribution in [0, 0.1) is 23.7 Å². The highest BCUT2D eigenvalue weighted by molar-refractivity contribution is 7.85. The van der Waals surface area contributed by atoms with Crippen molar-refractivity contribution in [2.45, 2.75) is 18.8 Å². The normalized spacial score (nSPS) is 48.3. The predicted octanol–water partition coefficient (Wildman–Crippen LogP) is -0.117. The van der Waals surface area contributed by atoms with Gasteiger partial charge < -0.3 is 4.74 Å². The first kappa shape index (κ1) is 11.0. The van der Waals surface area contributed by atoms with Crippen LogP contribution in [-0.4, -0.2) is 38.0 Å². The number of ether oxygens (including phenoxy) is 1. The first-order chi connectivity index (χ1) is 8.46. The third-order valence-corrected chi connectivity index (χ3v) is 4.78. The summed E-state index contributed by atoms with van der Waals surface area (Å²) in [6, 6.07) is 0. The quantitative estimate of drug-likeness (QED) is 0.517. The Kier molecular flexibility index (Phi) is 1.92. The molecule has 4 aliphatic rings. The first-order valence-electron chi connectivity index (χ1n) is 6.02. The summed E-state index contributed by atoms with van der Waals surface area (Å²) < 4.78 is 32.6. The molecule has 1 amide bonds. The van der Waals surface area contributed by atoms with E-state index >= 15 is 0 Å². The number of hydroxylamine groups is 2. The smallest absolute Gasteiger partial charge is 0.285 e. The van der Waals surface area contributed by atoms with E-state index in [2.05, 4.69) is 12.2 Å². The van der Waals surface area contributed by atoms with Gasteiger partial charge in [0.05, 0.1) is 12.2 Å². The summed E-state index contributed by atoms with van der Waals surface area (Å²) in [5.74, 6) is 0.395. The molecule has 2 bridgehead atoms. The molecule has 7 heteroatoms. The topological polar surface area (TPSA) is 76.2 Å². The summed E-state index contributed by atoms with van der Waals surface area (Å²) >= 11 is 0. The molecule has 0 aromatic heterocycles. The number of allylic oxidation sites excluding steroid dienone is 2. The Balaban J connectivity index is 1.67. The number of carbonyl (C=O) groups is 1. The van der Waals surface area contributed by atoms with Crippen LogP contribution >= 0.6 is 0 Å². The summed E-state index contributed by atoms with van der Waals surface area (Å²) in [5.41, 5.74) is 0. The van der Waals surface area contributed by atoms with Gasteiger partial charge in [-0.05, 0) is 18.3 Å². The van der Waals surface area contributed by atoms with Gasteiger partial charge in [0, 0.05) is 5.92 Å². The van der Waals surface area contributed by atoms with Crippen LogP contribution in [0.4, 0.5) is 0 Å². The standard InChI is InChI=1S/C11H13NO5S/c1-18(14,15)17-12-10(13)8-6-3-2-5(4-6)7(8)9-11(12)16-9/h2-3,5-9,11H,4H2,1H3/t5?,6?,7?,8?,9?,11-/m1/s1. The van der Waals surface area contributed by atoms with E-state index in [1.165, 1.54) is 0 Å². The molecule has 6 nitrogen and oxygen atoms in total. The van der Waals surface area contributed by atoms with Gasteiger partial charge in [-0.2, -0.15) is 13.5 Å². The van der Waals surface area contributed by atoms with Crippen molar-refractivity contribution in [3.05, 3.63) is 12.2 Å². The summed E-state index contributed by atoms with van der Waals surface area (Å²) in [6.45, 7) is 0. The van der Waals surface area contributed by atoms with Gasteiger partial charge in [-0.1, -0.05) is 12.2 Å². The van der Waals surface area contributed by atoms with Gasteiger partial charge in [-0.15, -0.1) is 4.28 Å². The van der Waals surface area contributed by atoms with Crippen LogP contribution in [0.3, 0.4) is 0 Å². The molecule has 2 aliphatic heterocycles. The molecule has 4 rings (SSSR count). The van der Waals surface area contributed by atoms with Crippen molar-refractivity contribution in [2.75, 3.05) is 6.26 Å². The van der Waals surface area contributed by atoms with Crippen LogP contribution in [0.1, 0.15) is 6.42 Å². The number of piperidine rings is 1. The lowest BCUT2D eigenvalue weighted by atomic mass is 9.78. The molecule has 5 unspecified atom stereocenters. The lowest BCUT2D eigenvalue weighted by Crippen LogP contribution is -2.50. The molecule has 3 fully saturated rings. The van der Waals surface area contributed by atoms with Crippen molar-refractivity contribution in [3.63, 3.8) is 0 Å². The average molecular weight is 271 g/mol. The minimum atomic E-state index is -3.70. The van der Waals surface area contributed by atoms with Gasteiger partial charge in [0.2, 0.25) is 0 Å². The summed E-state index contributed by atoms with van der Waals surface area (Å²) in [4.78, 5) is 12.3. The number of rotatable bonds is 2. The van der Waals surface area contributed by atoms with E-state index < -0.39 is 16.3 Å². The highest BCUT2D eigenvalue weighted by Gasteiger charge is 2.67. The molecule has 0 N–H and O–H groups in total.